The van der Waals surface area contributed by atoms with E-state index in [1.165, 1.54) is 44.5 Å². The fourth-order valence-corrected chi connectivity index (χ4v) is 3.63. The fourth-order valence-electron chi connectivity index (χ4n) is 3.63. The highest BCUT2D eigenvalue weighted by Gasteiger charge is 2.31. The van der Waals surface area contributed by atoms with Crippen molar-refractivity contribution in [2.75, 3.05) is 18.4 Å². The van der Waals surface area contributed by atoms with Gasteiger partial charge in [-0.25, -0.2) is 0 Å². The van der Waals surface area contributed by atoms with Crippen LogP contribution >= 0.6 is 0 Å². The number of nitrogens with one attached hydrogen (secondary N) is 1. The predicted molar refractivity (Wildman–Crippen MR) is 82.6 cm³/mol. The minimum atomic E-state index is 0.609. The van der Waals surface area contributed by atoms with Gasteiger partial charge in [-0.1, -0.05) is 0 Å². The molecule has 110 valence electrons. The summed E-state index contributed by atoms with van der Waals surface area (Å²) in [6.07, 6.45) is 8.68. The first-order valence-electron chi connectivity index (χ1n) is 7.86. The van der Waals surface area contributed by atoms with Crippen LogP contribution in [0.5, 0.6) is 0 Å². The van der Waals surface area contributed by atoms with Crippen LogP contribution in [-0.2, 0) is 0 Å². The first-order chi connectivity index (χ1) is 10.4. The molecule has 2 aliphatic rings. The van der Waals surface area contributed by atoms with Crippen LogP contribution in [-0.4, -0.2) is 45.1 Å². The Bertz CT molecular complexity index is 577. The Kier molecular flexibility index (Phi) is 3.35. The highest BCUT2D eigenvalue weighted by molar-refractivity contribution is 5.48. The summed E-state index contributed by atoms with van der Waals surface area (Å²) < 4.78 is 0. The lowest BCUT2D eigenvalue weighted by Gasteiger charge is -2.35. The summed E-state index contributed by atoms with van der Waals surface area (Å²) in [5.74, 6) is 0. The molecule has 5 heteroatoms. The molecule has 0 radical (unpaired) electrons. The molecule has 21 heavy (non-hydrogen) atoms. The molecule has 2 atom stereocenters. The Morgan fingerprint density at radius 1 is 1.00 bits per heavy atom. The van der Waals surface area contributed by atoms with Gasteiger partial charge in [0.2, 0.25) is 0 Å². The molecule has 0 amide bonds. The maximum absolute atomic E-state index is 4.15. The third-order valence-electron chi connectivity index (χ3n) is 4.71. The third kappa shape index (κ3) is 2.65. The lowest BCUT2D eigenvalue weighted by molar-refractivity contribution is 0.188. The summed E-state index contributed by atoms with van der Waals surface area (Å²) in [7, 11) is 0. The molecular formula is C16H21N5. The number of anilines is 1. The lowest BCUT2D eigenvalue weighted by atomic mass is 9.97. The van der Waals surface area contributed by atoms with Crippen LogP contribution in [0.3, 0.4) is 0 Å². The Morgan fingerprint density at radius 3 is 2.62 bits per heavy atom. The molecule has 0 spiro atoms. The minimum absolute atomic E-state index is 0.609. The van der Waals surface area contributed by atoms with Gasteiger partial charge in [-0.05, 0) is 56.5 Å². The largest absolute Gasteiger partial charge is 0.382 e. The number of hydrogen-bond acceptors (Lipinski definition) is 4. The zero-order valence-corrected chi connectivity index (χ0v) is 12.2. The van der Waals surface area contributed by atoms with E-state index in [0.717, 1.165) is 11.7 Å². The standard InChI is InChI=1S/C16H21N5/c1-2-16-12-14(7-11-20(16)10-1)19-13-3-5-15(6-4-13)21-17-8-9-18-21/h3-6,8-9,14,16,19H,1-2,7,10-12H2. The van der Waals surface area contributed by atoms with Crippen LogP contribution in [0.15, 0.2) is 36.7 Å². The van der Waals surface area contributed by atoms with Crippen molar-refractivity contribution in [1.82, 2.24) is 19.9 Å². The van der Waals surface area contributed by atoms with E-state index < -0.39 is 0 Å². The monoisotopic (exact) mass is 283 g/mol. The van der Waals surface area contributed by atoms with E-state index in [0.29, 0.717) is 6.04 Å². The molecule has 2 fully saturated rings. The smallest absolute Gasteiger partial charge is 0.0858 e. The highest BCUT2D eigenvalue weighted by atomic mass is 15.5. The number of rotatable bonds is 3. The van der Waals surface area contributed by atoms with Gasteiger partial charge in [0.1, 0.15) is 0 Å². The van der Waals surface area contributed by atoms with E-state index in [1.54, 1.807) is 17.2 Å². The quantitative estimate of drug-likeness (QED) is 0.939. The second-order valence-corrected chi connectivity index (χ2v) is 6.06. The normalized spacial score (nSPS) is 25.7. The maximum atomic E-state index is 4.15. The van der Waals surface area contributed by atoms with Crippen molar-refractivity contribution < 1.29 is 0 Å². The second-order valence-electron chi connectivity index (χ2n) is 6.06. The molecule has 1 aromatic heterocycles. The molecular weight excluding hydrogens is 262 g/mol. The Balaban J connectivity index is 1.41. The number of benzene rings is 1. The average Bonchev–Trinajstić information content (AvgIpc) is 3.19. The molecule has 0 saturated carbocycles. The third-order valence-corrected chi connectivity index (χ3v) is 4.71. The Morgan fingerprint density at radius 2 is 1.81 bits per heavy atom. The van der Waals surface area contributed by atoms with Gasteiger partial charge < -0.3 is 10.2 Å². The minimum Gasteiger partial charge on any atom is -0.382 e. The van der Waals surface area contributed by atoms with Crippen molar-refractivity contribution in [1.29, 1.82) is 0 Å². The zero-order chi connectivity index (χ0) is 14.1. The van der Waals surface area contributed by atoms with Crippen molar-refractivity contribution in [3.63, 3.8) is 0 Å². The van der Waals surface area contributed by atoms with Gasteiger partial charge in [-0.3, -0.25) is 0 Å². The van der Waals surface area contributed by atoms with E-state index in [9.17, 15) is 0 Å². The van der Waals surface area contributed by atoms with Crippen LogP contribution in [0.25, 0.3) is 5.69 Å². The second kappa shape index (κ2) is 5.48. The van der Waals surface area contributed by atoms with Gasteiger partial charge in [0, 0.05) is 24.3 Å². The molecule has 2 aromatic rings. The van der Waals surface area contributed by atoms with Crippen LogP contribution in [0, 0.1) is 0 Å². The summed E-state index contributed by atoms with van der Waals surface area (Å²) in [4.78, 5) is 4.30. The van der Waals surface area contributed by atoms with Crippen molar-refractivity contribution in [3.8, 4) is 5.69 Å². The summed E-state index contributed by atoms with van der Waals surface area (Å²) in [6.45, 7) is 2.56. The molecule has 2 saturated heterocycles. The molecule has 1 aromatic carbocycles. The number of nitrogens with zero attached hydrogens (tertiary/aromatic N) is 4. The SMILES string of the molecule is c1cnn(-c2ccc(NC3CCN4CCCC4C3)cc2)n1. The van der Waals surface area contributed by atoms with Gasteiger partial charge in [-0.15, -0.1) is 0 Å². The molecule has 5 nitrogen and oxygen atoms in total. The van der Waals surface area contributed by atoms with E-state index in [4.69, 9.17) is 0 Å². The summed E-state index contributed by atoms with van der Waals surface area (Å²) in [6, 6.07) is 9.79. The summed E-state index contributed by atoms with van der Waals surface area (Å²) in [5.41, 5.74) is 2.19. The first kappa shape index (κ1) is 12.8. The Hall–Kier alpha value is -1.88. The molecule has 0 bridgehead atoms. The van der Waals surface area contributed by atoms with Gasteiger partial charge >= 0.3 is 0 Å². The van der Waals surface area contributed by atoms with Crippen LogP contribution in [0.2, 0.25) is 0 Å². The van der Waals surface area contributed by atoms with E-state index in [1.807, 2.05) is 0 Å². The zero-order valence-electron chi connectivity index (χ0n) is 12.2. The number of hydrogen-bond donors (Lipinski definition) is 1. The molecule has 2 aliphatic heterocycles. The fraction of sp³-hybridized carbons (Fsp3) is 0.500. The predicted octanol–water partition coefficient (Wildman–Crippen LogP) is 2.31. The molecule has 3 heterocycles. The van der Waals surface area contributed by atoms with E-state index >= 15 is 0 Å². The maximum Gasteiger partial charge on any atom is 0.0858 e. The molecule has 1 N–H and O–H groups in total. The van der Waals surface area contributed by atoms with Crippen LogP contribution in [0.4, 0.5) is 5.69 Å². The molecule has 0 aliphatic carbocycles. The van der Waals surface area contributed by atoms with Gasteiger partial charge in [0.15, 0.2) is 0 Å². The molecule has 2 unspecified atom stereocenters. The summed E-state index contributed by atoms with van der Waals surface area (Å²) in [5, 5.41) is 12.0. The highest BCUT2D eigenvalue weighted by Crippen LogP contribution is 2.28. The number of piperidine rings is 1. The number of aromatic nitrogens is 3. The first-order valence-corrected chi connectivity index (χ1v) is 7.86. The van der Waals surface area contributed by atoms with Crippen molar-refractivity contribution >= 4 is 5.69 Å². The average molecular weight is 283 g/mol. The van der Waals surface area contributed by atoms with Gasteiger partial charge in [0.05, 0.1) is 18.1 Å². The van der Waals surface area contributed by atoms with E-state index in [-0.39, 0.29) is 0 Å². The van der Waals surface area contributed by atoms with Gasteiger partial charge in [0.25, 0.3) is 0 Å². The molecule has 4 rings (SSSR count). The van der Waals surface area contributed by atoms with Crippen LogP contribution in [0.1, 0.15) is 25.7 Å². The lowest BCUT2D eigenvalue weighted by Crippen LogP contribution is -2.42. The van der Waals surface area contributed by atoms with Crippen molar-refractivity contribution in [2.24, 2.45) is 0 Å². The topological polar surface area (TPSA) is 46.0 Å². The van der Waals surface area contributed by atoms with Crippen LogP contribution < -0.4 is 5.32 Å². The van der Waals surface area contributed by atoms with Gasteiger partial charge in [-0.2, -0.15) is 15.0 Å². The van der Waals surface area contributed by atoms with Crippen molar-refractivity contribution in [2.45, 2.75) is 37.8 Å². The Labute approximate surface area is 125 Å². The number of fused-ring (bicyclic) bond motifs is 1. The summed E-state index contributed by atoms with van der Waals surface area (Å²) >= 11 is 0. The van der Waals surface area contributed by atoms with Crippen molar-refractivity contribution in [3.05, 3.63) is 36.7 Å². The van der Waals surface area contributed by atoms with E-state index in [2.05, 4.69) is 44.7 Å².